The molecule has 0 saturated heterocycles. The molecule has 0 aliphatic rings. The van der Waals surface area contributed by atoms with Crippen LogP contribution in [0.1, 0.15) is 0 Å². The van der Waals surface area contributed by atoms with Crippen molar-refractivity contribution in [1.82, 2.24) is 0 Å². The number of hydrogen-bond donors (Lipinski definition) is 0. The Morgan fingerprint density at radius 2 is 0.730 bits per heavy atom. The molecule has 0 bridgehead atoms. The number of benzene rings is 11. The van der Waals surface area contributed by atoms with Gasteiger partial charge in [0.2, 0.25) is 0 Å². The van der Waals surface area contributed by atoms with E-state index in [4.69, 9.17) is 4.42 Å². The second-order valence-corrected chi connectivity index (χ2v) is 16.2. The standard InChI is InChI=1S/C60H40N2O/c1-4-14-41(15-5-1)44-26-30-52(31-27-44)61(53-32-28-43-18-10-11-19-46(43)35-53)55-39-57(60-56-37-47-20-12-13-21-48(47)38-58(56)63-59(60)40-55)62(51-22-8-3-9-23-51)54-33-29-45-24-25-49(34-50(45)36-54)42-16-6-2-7-17-42/h1-40H. The fourth-order valence-electron chi connectivity index (χ4n) is 9.25. The molecule has 12 aromatic rings. The summed E-state index contributed by atoms with van der Waals surface area (Å²) in [5.41, 5.74) is 12.6. The van der Waals surface area contributed by atoms with E-state index >= 15 is 0 Å². The first-order chi connectivity index (χ1) is 31.2. The summed E-state index contributed by atoms with van der Waals surface area (Å²) in [7, 11) is 0. The number of fused-ring (bicyclic) bond motifs is 6. The number of furan rings is 1. The van der Waals surface area contributed by atoms with Crippen LogP contribution in [0, 0.1) is 0 Å². The van der Waals surface area contributed by atoms with Crippen molar-refractivity contribution in [2.75, 3.05) is 9.80 Å². The van der Waals surface area contributed by atoms with Crippen LogP contribution in [0.3, 0.4) is 0 Å². The van der Waals surface area contributed by atoms with Gasteiger partial charge in [0.15, 0.2) is 0 Å². The molecule has 3 heteroatoms. The van der Waals surface area contributed by atoms with E-state index in [2.05, 4.69) is 252 Å². The fraction of sp³-hybridized carbons (Fsp3) is 0. The Balaban J connectivity index is 1.13. The Labute approximate surface area is 365 Å². The van der Waals surface area contributed by atoms with Gasteiger partial charge in [0.05, 0.1) is 16.8 Å². The highest BCUT2D eigenvalue weighted by atomic mass is 16.3. The molecule has 0 atom stereocenters. The van der Waals surface area contributed by atoms with E-state index < -0.39 is 0 Å². The molecule has 0 N–H and O–H groups in total. The van der Waals surface area contributed by atoms with Gasteiger partial charge in [-0.25, -0.2) is 0 Å². The van der Waals surface area contributed by atoms with Crippen LogP contribution >= 0.6 is 0 Å². The van der Waals surface area contributed by atoms with Crippen LogP contribution < -0.4 is 9.80 Å². The Bertz CT molecular complexity index is 3620. The lowest BCUT2D eigenvalue weighted by Crippen LogP contribution is -2.13. The molecule has 0 unspecified atom stereocenters. The first kappa shape index (κ1) is 36.5. The smallest absolute Gasteiger partial charge is 0.139 e. The molecular formula is C60H40N2O. The first-order valence-electron chi connectivity index (χ1n) is 21.5. The maximum Gasteiger partial charge on any atom is 0.139 e. The maximum absolute atomic E-state index is 7.01. The quantitative estimate of drug-likeness (QED) is 0.153. The highest BCUT2D eigenvalue weighted by Gasteiger charge is 2.24. The lowest BCUT2D eigenvalue weighted by atomic mass is 10.00. The van der Waals surface area contributed by atoms with Crippen LogP contribution in [-0.4, -0.2) is 0 Å². The van der Waals surface area contributed by atoms with E-state index in [0.29, 0.717) is 0 Å². The van der Waals surface area contributed by atoms with Crippen LogP contribution in [0.5, 0.6) is 0 Å². The van der Waals surface area contributed by atoms with E-state index in [0.717, 1.165) is 61.4 Å². The van der Waals surface area contributed by atoms with E-state index in [9.17, 15) is 0 Å². The number of rotatable bonds is 8. The summed E-state index contributed by atoms with van der Waals surface area (Å²) in [5.74, 6) is 0. The molecule has 0 amide bonds. The van der Waals surface area contributed by atoms with Crippen molar-refractivity contribution in [3.8, 4) is 22.3 Å². The van der Waals surface area contributed by atoms with Gasteiger partial charge in [-0.05, 0) is 127 Å². The maximum atomic E-state index is 7.01. The third-order valence-electron chi connectivity index (χ3n) is 12.3. The molecule has 12 rings (SSSR count). The van der Waals surface area contributed by atoms with Crippen LogP contribution in [0.25, 0.3) is 76.5 Å². The predicted octanol–water partition coefficient (Wildman–Crippen LogP) is 17.3. The van der Waals surface area contributed by atoms with E-state index in [1.807, 2.05) is 0 Å². The van der Waals surface area contributed by atoms with Crippen molar-refractivity contribution < 1.29 is 4.42 Å². The summed E-state index contributed by atoms with van der Waals surface area (Å²) in [6.07, 6.45) is 0. The summed E-state index contributed by atoms with van der Waals surface area (Å²) >= 11 is 0. The third kappa shape index (κ3) is 6.64. The molecule has 0 fully saturated rings. The third-order valence-corrected chi connectivity index (χ3v) is 12.3. The van der Waals surface area contributed by atoms with Crippen molar-refractivity contribution in [2.24, 2.45) is 0 Å². The molecular weight excluding hydrogens is 765 g/mol. The first-order valence-corrected chi connectivity index (χ1v) is 21.5. The van der Waals surface area contributed by atoms with Crippen molar-refractivity contribution in [2.45, 2.75) is 0 Å². The zero-order valence-electron chi connectivity index (χ0n) is 34.4. The molecule has 3 nitrogen and oxygen atoms in total. The second-order valence-electron chi connectivity index (χ2n) is 16.2. The molecule has 1 aromatic heterocycles. The van der Waals surface area contributed by atoms with Crippen molar-refractivity contribution in [3.05, 3.63) is 243 Å². The molecule has 0 radical (unpaired) electrons. The normalized spacial score (nSPS) is 11.5. The SMILES string of the molecule is c1ccc(-c2ccc(N(c3ccc4ccccc4c3)c3cc(N(c4ccccc4)c4ccc5ccc(-c6ccccc6)cc5c4)c4c(c3)oc3cc5ccccc5cc34)cc2)cc1. The van der Waals surface area contributed by atoms with Gasteiger partial charge < -0.3 is 14.2 Å². The topological polar surface area (TPSA) is 19.6 Å². The van der Waals surface area contributed by atoms with E-state index in [1.165, 1.54) is 49.2 Å². The second kappa shape index (κ2) is 15.3. The zero-order valence-corrected chi connectivity index (χ0v) is 34.4. The minimum absolute atomic E-state index is 0.813. The Morgan fingerprint density at radius 3 is 1.43 bits per heavy atom. The summed E-state index contributed by atoms with van der Waals surface area (Å²) in [6, 6.07) is 87.3. The van der Waals surface area contributed by atoms with Gasteiger partial charge in [0.1, 0.15) is 11.2 Å². The van der Waals surface area contributed by atoms with Gasteiger partial charge >= 0.3 is 0 Å². The van der Waals surface area contributed by atoms with Gasteiger partial charge in [0.25, 0.3) is 0 Å². The minimum Gasteiger partial charge on any atom is -0.456 e. The number of anilines is 6. The van der Waals surface area contributed by atoms with E-state index in [-0.39, 0.29) is 0 Å². The van der Waals surface area contributed by atoms with Crippen molar-refractivity contribution in [1.29, 1.82) is 0 Å². The number of nitrogens with zero attached hydrogens (tertiary/aromatic N) is 2. The summed E-state index contributed by atoms with van der Waals surface area (Å²) in [5, 5.41) is 9.17. The summed E-state index contributed by atoms with van der Waals surface area (Å²) in [6.45, 7) is 0. The van der Waals surface area contributed by atoms with Gasteiger partial charge in [-0.2, -0.15) is 0 Å². The Morgan fingerprint density at radius 1 is 0.254 bits per heavy atom. The predicted molar refractivity (Wildman–Crippen MR) is 266 cm³/mol. The molecule has 1 heterocycles. The molecule has 296 valence electrons. The molecule has 0 saturated carbocycles. The lowest BCUT2D eigenvalue weighted by molar-refractivity contribution is 0.669. The average Bonchev–Trinajstić information content (AvgIpc) is 3.71. The summed E-state index contributed by atoms with van der Waals surface area (Å²) in [4.78, 5) is 4.77. The lowest BCUT2D eigenvalue weighted by Gasteiger charge is -2.30. The van der Waals surface area contributed by atoms with Crippen LogP contribution in [0.2, 0.25) is 0 Å². The van der Waals surface area contributed by atoms with Crippen LogP contribution in [0.15, 0.2) is 247 Å². The Hall–Kier alpha value is -8.40. The fourth-order valence-corrected chi connectivity index (χ4v) is 9.25. The monoisotopic (exact) mass is 804 g/mol. The number of hydrogen-bond acceptors (Lipinski definition) is 3. The summed E-state index contributed by atoms with van der Waals surface area (Å²) < 4.78 is 7.01. The van der Waals surface area contributed by atoms with Crippen molar-refractivity contribution >= 4 is 88.4 Å². The molecule has 11 aromatic carbocycles. The molecule has 0 aliphatic heterocycles. The highest BCUT2D eigenvalue weighted by molar-refractivity contribution is 6.17. The zero-order chi connectivity index (χ0) is 41.7. The Kier molecular flexibility index (Phi) is 8.83. The highest BCUT2D eigenvalue weighted by Crippen LogP contribution is 2.49. The largest absolute Gasteiger partial charge is 0.456 e. The molecule has 63 heavy (non-hydrogen) atoms. The minimum atomic E-state index is 0.813. The molecule has 0 spiro atoms. The molecule has 0 aliphatic carbocycles. The van der Waals surface area contributed by atoms with Gasteiger partial charge in [-0.3, -0.25) is 0 Å². The van der Waals surface area contributed by atoms with Crippen LogP contribution in [0.4, 0.5) is 34.1 Å². The van der Waals surface area contributed by atoms with Gasteiger partial charge in [-0.1, -0.05) is 164 Å². The van der Waals surface area contributed by atoms with Gasteiger partial charge in [0, 0.05) is 34.2 Å². The number of para-hydroxylation sites is 1. The van der Waals surface area contributed by atoms with Crippen LogP contribution in [-0.2, 0) is 0 Å². The van der Waals surface area contributed by atoms with Crippen molar-refractivity contribution in [3.63, 3.8) is 0 Å². The van der Waals surface area contributed by atoms with E-state index in [1.54, 1.807) is 0 Å². The van der Waals surface area contributed by atoms with Gasteiger partial charge in [-0.15, -0.1) is 0 Å². The average molecular weight is 805 g/mol.